The van der Waals surface area contributed by atoms with Gasteiger partial charge in [0, 0.05) is 6.54 Å². The lowest BCUT2D eigenvalue weighted by atomic mass is 9.78. The molecular formula is C18H33N. The van der Waals surface area contributed by atoms with Gasteiger partial charge in [-0.3, -0.25) is 0 Å². The Balaban J connectivity index is 1.45. The molecule has 0 aromatic carbocycles. The second kappa shape index (κ2) is 5.76. The molecule has 3 saturated carbocycles. The Morgan fingerprint density at radius 2 is 1.89 bits per heavy atom. The highest BCUT2D eigenvalue weighted by Gasteiger charge is 2.40. The topological polar surface area (TPSA) is 12.0 Å². The Kier molecular flexibility index (Phi) is 4.22. The number of rotatable bonds is 6. The van der Waals surface area contributed by atoms with Gasteiger partial charge in [0.05, 0.1) is 0 Å². The number of nitrogens with one attached hydrogen (secondary N) is 1. The summed E-state index contributed by atoms with van der Waals surface area (Å²) in [5.41, 5.74) is 0.659. The molecule has 3 unspecified atom stereocenters. The minimum atomic E-state index is 0.659. The highest BCUT2D eigenvalue weighted by atomic mass is 14.9. The Bertz CT molecular complexity index is 290. The zero-order chi connectivity index (χ0) is 13.3. The highest BCUT2D eigenvalue weighted by Crippen LogP contribution is 2.48. The van der Waals surface area contributed by atoms with Crippen molar-refractivity contribution in [2.24, 2.45) is 29.1 Å². The molecule has 3 rings (SSSR count). The quantitative estimate of drug-likeness (QED) is 0.737. The molecule has 0 aromatic rings. The van der Waals surface area contributed by atoms with E-state index in [1.807, 2.05) is 0 Å². The summed E-state index contributed by atoms with van der Waals surface area (Å²) in [6.07, 6.45) is 13.5. The van der Waals surface area contributed by atoms with Crippen LogP contribution in [0.5, 0.6) is 0 Å². The smallest absolute Gasteiger partial charge is 0.000802 e. The van der Waals surface area contributed by atoms with Crippen molar-refractivity contribution in [2.45, 2.75) is 71.6 Å². The van der Waals surface area contributed by atoms with E-state index in [1.54, 1.807) is 12.8 Å². The molecule has 0 heterocycles. The minimum Gasteiger partial charge on any atom is -0.316 e. The van der Waals surface area contributed by atoms with Crippen LogP contribution in [0.3, 0.4) is 0 Å². The van der Waals surface area contributed by atoms with Crippen LogP contribution in [0.15, 0.2) is 0 Å². The lowest BCUT2D eigenvalue weighted by molar-refractivity contribution is 0.212. The first-order chi connectivity index (χ1) is 9.17. The van der Waals surface area contributed by atoms with Crippen molar-refractivity contribution in [3.05, 3.63) is 0 Å². The summed E-state index contributed by atoms with van der Waals surface area (Å²) < 4.78 is 0. The van der Waals surface area contributed by atoms with Crippen molar-refractivity contribution in [1.29, 1.82) is 0 Å². The lowest BCUT2D eigenvalue weighted by Crippen LogP contribution is -2.36. The van der Waals surface area contributed by atoms with Gasteiger partial charge in [0.15, 0.2) is 0 Å². The summed E-state index contributed by atoms with van der Waals surface area (Å²) in [4.78, 5) is 0. The predicted octanol–water partition coefficient (Wildman–Crippen LogP) is 4.62. The number of hydrogen-bond acceptors (Lipinski definition) is 1. The van der Waals surface area contributed by atoms with Gasteiger partial charge < -0.3 is 5.32 Å². The van der Waals surface area contributed by atoms with Crippen molar-refractivity contribution in [3.8, 4) is 0 Å². The molecule has 1 heteroatoms. The van der Waals surface area contributed by atoms with E-state index in [0.717, 1.165) is 23.7 Å². The van der Waals surface area contributed by atoms with E-state index < -0.39 is 0 Å². The zero-order valence-electron chi connectivity index (χ0n) is 13.1. The molecule has 3 aliphatic rings. The first-order valence-corrected chi connectivity index (χ1v) is 8.88. The first kappa shape index (κ1) is 13.9. The number of hydrogen-bond donors (Lipinski definition) is 1. The van der Waals surface area contributed by atoms with Crippen LogP contribution in [-0.2, 0) is 0 Å². The van der Waals surface area contributed by atoms with E-state index in [-0.39, 0.29) is 0 Å². The molecule has 0 amide bonds. The van der Waals surface area contributed by atoms with Gasteiger partial charge in [-0.2, -0.15) is 0 Å². The molecule has 0 spiro atoms. The Morgan fingerprint density at radius 3 is 2.47 bits per heavy atom. The Hall–Kier alpha value is -0.0400. The lowest BCUT2D eigenvalue weighted by Gasteiger charge is -2.32. The maximum absolute atomic E-state index is 3.90. The minimum absolute atomic E-state index is 0.659. The molecule has 19 heavy (non-hydrogen) atoms. The maximum Gasteiger partial charge on any atom is 0.000802 e. The Morgan fingerprint density at radius 1 is 1.11 bits per heavy atom. The fourth-order valence-electron chi connectivity index (χ4n) is 5.59. The van der Waals surface area contributed by atoms with Crippen LogP contribution in [-0.4, -0.2) is 13.1 Å². The van der Waals surface area contributed by atoms with Crippen LogP contribution < -0.4 is 5.32 Å². The summed E-state index contributed by atoms with van der Waals surface area (Å²) >= 11 is 0. The third-order valence-electron chi connectivity index (χ3n) is 6.30. The van der Waals surface area contributed by atoms with Gasteiger partial charge >= 0.3 is 0 Å². The standard InChI is InChI=1S/C18H33N/c1-14(2)11-18(7-3-4-8-18)13-19-12-17-10-15-5-6-16(17)9-15/h14-17,19H,3-13H2,1-2H3. The van der Waals surface area contributed by atoms with Gasteiger partial charge in [0.2, 0.25) is 0 Å². The van der Waals surface area contributed by atoms with Crippen LogP contribution >= 0.6 is 0 Å². The summed E-state index contributed by atoms with van der Waals surface area (Å²) in [6.45, 7) is 7.42. The molecule has 0 aliphatic heterocycles. The summed E-state index contributed by atoms with van der Waals surface area (Å²) in [7, 11) is 0. The maximum atomic E-state index is 3.90. The van der Waals surface area contributed by atoms with E-state index in [1.165, 1.54) is 58.0 Å². The third-order valence-corrected chi connectivity index (χ3v) is 6.30. The average molecular weight is 263 g/mol. The molecule has 1 N–H and O–H groups in total. The van der Waals surface area contributed by atoms with E-state index in [2.05, 4.69) is 19.2 Å². The van der Waals surface area contributed by atoms with Gasteiger partial charge in [0.25, 0.3) is 0 Å². The van der Waals surface area contributed by atoms with Crippen molar-refractivity contribution < 1.29 is 0 Å². The van der Waals surface area contributed by atoms with Crippen molar-refractivity contribution >= 4 is 0 Å². The molecule has 110 valence electrons. The van der Waals surface area contributed by atoms with E-state index >= 15 is 0 Å². The Labute approximate surface area is 119 Å². The summed E-state index contributed by atoms with van der Waals surface area (Å²) in [5.74, 6) is 4.08. The second-order valence-corrected chi connectivity index (χ2v) is 8.37. The molecule has 0 saturated heterocycles. The van der Waals surface area contributed by atoms with Crippen LogP contribution in [0.4, 0.5) is 0 Å². The highest BCUT2D eigenvalue weighted by molar-refractivity contribution is 4.92. The van der Waals surface area contributed by atoms with Crippen LogP contribution in [0.2, 0.25) is 0 Å². The predicted molar refractivity (Wildman–Crippen MR) is 82.2 cm³/mol. The fraction of sp³-hybridized carbons (Fsp3) is 1.00. The zero-order valence-corrected chi connectivity index (χ0v) is 13.1. The van der Waals surface area contributed by atoms with Crippen molar-refractivity contribution in [2.75, 3.05) is 13.1 Å². The van der Waals surface area contributed by atoms with Gasteiger partial charge in [-0.25, -0.2) is 0 Å². The molecule has 2 bridgehead atoms. The summed E-state index contributed by atoms with van der Waals surface area (Å²) in [5, 5.41) is 3.90. The van der Waals surface area contributed by atoms with E-state index in [0.29, 0.717) is 5.41 Å². The normalized spacial score (nSPS) is 36.5. The van der Waals surface area contributed by atoms with Crippen LogP contribution in [0, 0.1) is 29.1 Å². The van der Waals surface area contributed by atoms with Crippen molar-refractivity contribution in [1.82, 2.24) is 5.32 Å². The van der Waals surface area contributed by atoms with Crippen molar-refractivity contribution in [3.63, 3.8) is 0 Å². The fourth-order valence-corrected chi connectivity index (χ4v) is 5.59. The molecule has 0 aromatic heterocycles. The SMILES string of the molecule is CC(C)CC1(CNCC2CC3CCC2C3)CCCC1. The van der Waals surface area contributed by atoms with E-state index in [9.17, 15) is 0 Å². The van der Waals surface area contributed by atoms with Gasteiger partial charge in [-0.1, -0.05) is 33.1 Å². The van der Waals surface area contributed by atoms with Crippen LogP contribution in [0.25, 0.3) is 0 Å². The molecular weight excluding hydrogens is 230 g/mol. The molecule has 3 aliphatic carbocycles. The van der Waals surface area contributed by atoms with Gasteiger partial charge in [-0.05, 0) is 74.2 Å². The molecule has 1 nitrogen and oxygen atoms in total. The first-order valence-electron chi connectivity index (χ1n) is 8.88. The molecule has 3 fully saturated rings. The molecule has 3 atom stereocenters. The monoisotopic (exact) mass is 263 g/mol. The average Bonchev–Trinajstić information content (AvgIpc) is 3.04. The van der Waals surface area contributed by atoms with Gasteiger partial charge in [0.1, 0.15) is 0 Å². The van der Waals surface area contributed by atoms with E-state index in [4.69, 9.17) is 0 Å². The largest absolute Gasteiger partial charge is 0.316 e. The second-order valence-electron chi connectivity index (χ2n) is 8.37. The van der Waals surface area contributed by atoms with Gasteiger partial charge in [-0.15, -0.1) is 0 Å². The number of fused-ring (bicyclic) bond motifs is 2. The van der Waals surface area contributed by atoms with Crippen LogP contribution in [0.1, 0.15) is 71.6 Å². The third kappa shape index (κ3) is 3.17. The molecule has 0 radical (unpaired) electrons. The summed E-state index contributed by atoms with van der Waals surface area (Å²) in [6, 6.07) is 0.